The van der Waals surface area contributed by atoms with E-state index in [-0.39, 0.29) is 18.0 Å². The van der Waals surface area contributed by atoms with Crippen LogP contribution in [0.25, 0.3) is 0 Å². The standard InChI is InChI=1S/C22H22BrClN6O2/c1-2-26-11-14(10-25)20(31)30-22(7-8-22)21(32)28-12-16-4-5-17(13-27-16)29-19-6-3-15(23)9-18(19)24/h2-6,9-11,13,29H,1,7-8,12,25H2,(H,28,32)(H,30,31)/b14-10+,26-11?. The topological polar surface area (TPSA) is 121 Å². The fourth-order valence-electron chi connectivity index (χ4n) is 2.82. The van der Waals surface area contributed by atoms with Crippen LogP contribution in [0, 0.1) is 0 Å². The molecule has 1 saturated carbocycles. The van der Waals surface area contributed by atoms with Gasteiger partial charge in [-0.1, -0.05) is 34.1 Å². The molecule has 0 unspecified atom stereocenters. The lowest BCUT2D eigenvalue weighted by atomic mass is 10.2. The van der Waals surface area contributed by atoms with Gasteiger partial charge in [0.1, 0.15) is 5.54 Å². The van der Waals surface area contributed by atoms with Crippen LogP contribution in [0.3, 0.4) is 0 Å². The highest BCUT2D eigenvalue weighted by Crippen LogP contribution is 2.36. The Morgan fingerprint density at radius 1 is 1.31 bits per heavy atom. The second-order valence-electron chi connectivity index (χ2n) is 7.09. The number of pyridine rings is 1. The summed E-state index contributed by atoms with van der Waals surface area (Å²) in [5, 5.41) is 9.34. The fourth-order valence-corrected chi connectivity index (χ4v) is 3.54. The summed E-state index contributed by atoms with van der Waals surface area (Å²) < 4.78 is 0.891. The van der Waals surface area contributed by atoms with E-state index in [9.17, 15) is 9.59 Å². The number of anilines is 2. The maximum atomic E-state index is 12.6. The molecule has 1 aliphatic carbocycles. The first-order valence-corrected chi connectivity index (χ1v) is 10.9. The van der Waals surface area contributed by atoms with E-state index in [1.165, 1.54) is 12.4 Å². The van der Waals surface area contributed by atoms with Crippen LogP contribution in [0.4, 0.5) is 11.4 Å². The van der Waals surface area contributed by atoms with Gasteiger partial charge >= 0.3 is 0 Å². The van der Waals surface area contributed by atoms with Gasteiger partial charge in [-0.25, -0.2) is 0 Å². The summed E-state index contributed by atoms with van der Waals surface area (Å²) in [7, 11) is 0. The van der Waals surface area contributed by atoms with Crippen LogP contribution in [0.15, 0.2) is 70.5 Å². The molecule has 1 aromatic carbocycles. The maximum absolute atomic E-state index is 12.6. The SMILES string of the molecule is C=CN=C/C(=C\N)C(=O)NC1(C(=O)NCc2ccc(Nc3ccc(Br)cc3Cl)cn2)CC1. The maximum Gasteiger partial charge on any atom is 0.255 e. The number of aliphatic imine (C=N–C) groups is 1. The third kappa shape index (κ3) is 5.95. The van der Waals surface area contributed by atoms with E-state index < -0.39 is 11.4 Å². The molecule has 0 radical (unpaired) electrons. The summed E-state index contributed by atoms with van der Waals surface area (Å²) in [6.07, 6.45) is 6.47. The molecule has 1 fully saturated rings. The van der Waals surface area contributed by atoms with Gasteiger partial charge in [-0.3, -0.25) is 19.6 Å². The second-order valence-corrected chi connectivity index (χ2v) is 8.41. The van der Waals surface area contributed by atoms with Gasteiger partial charge in [0.15, 0.2) is 0 Å². The largest absolute Gasteiger partial charge is 0.404 e. The van der Waals surface area contributed by atoms with Gasteiger partial charge < -0.3 is 21.7 Å². The average Bonchev–Trinajstić information content (AvgIpc) is 3.56. The number of nitrogens with zero attached hydrogens (tertiary/aromatic N) is 2. The number of carbonyl (C=O) groups is 2. The molecule has 5 N–H and O–H groups in total. The van der Waals surface area contributed by atoms with Gasteiger partial charge in [0, 0.05) is 23.1 Å². The van der Waals surface area contributed by atoms with Crippen LogP contribution < -0.4 is 21.7 Å². The molecule has 0 atom stereocenters. The Labute approximate surface area is 199 Å². The molecule has 8 nitrogen and oxygen atoms in total. The summed E-state index contributed by atoms with van der Waals surface area (Å²) in [5.41, 5.74) is 6.88. The monoisotopic (exact) mass is 516 g/mol. The van der Waals surface area contributed by atoms with Crippen LogP contribution in [0.2, 0.25) is 5.02 Å². The Kier molecular flexibility index (Phi) is 7.66. The van der Waals surface area contributed by atoms with E-state index in [2.05, 4.69) is 48.4 Å². The molecule has 1 heterocycles. The Morgan fingerprint density at radius 3 is 2.69 bits per heavy atom. The number of benzene rings is 1. The van der Waals surface area contributed by atoms with Crippen LogP contribution >= 0.6 is 27.5 Å². The molecule has 0 saturated heterocycles. The van der Waals surface area contributed by atoms with Gasteiger partial charge in [-0.2, -0.15) is 0 Å². The molecule has 3 rings (SSSR count). The molecule has 1 aliphatic rings. The van der Waals surface area contributed by atoms with Gasteiger partial charge in [-0.15, -0.1) is 0 Å². The predicted octanol–water partition coefficient (Wildman–Crippen LogP) is 3.56. The van der Waals surface area contributed by atoms with E-state index in [1.54, 1.807) is 18.3 Å². The molecular formula is C22H22BrClN6O2. The number of amides is 2. The third-order valence-corrected chi connectivity index (χ3v) is 5.57. The van der Waals surface area contributed by atoms with Crippen molar-refractivity contribution < 1.29 is 9.59 Å². The van der Waals surface area contributed by atoms with Crippen molar-refractivity contribution in [3.8, 4) is 0 Å². The molecule has 10 heteroatoms. The smallest absolute Gasteiger partial charge is 0.255 e. The van der Waals surface area contributed by atoms with E-state index in [0.717, 1.165) is 22.0 Å². The van der Waals surface area contributed by atoms with E-state index in [4.69, 9.17) is 17.3 Å². The zero-order valence-corrected chi connectivity index (χ0v) is 19.4. The number of carbonyl (C=O) groups excluding carboxylic acids is 2. The van der Waals surface area contributed by atoms with Crippen molar-refractivity contribution in [1.82, 2.24) is 15.6 Å². The van der Waals surface area contributed by atoms with Crippen molar-refractivity contribution in [2.75, 3.05) is 5.32 Å². The Bertz CT molecular complexity index is 1080. The summed E-state index contributed by atoms with van der Waals surface area (Å²) in [6, 6.07) is 9.19. The van der Waals surface area contributed by atoms with Crippen molar-refractivity contribution >= 4 is 56.9 Å². The van der Waals surface area contributed by atoms with E-state index >= 15 is 0 Å². The second kappa shape index (κ2) is 10.4. The Balaban J connectivity index is 1.55. The molecule has 166 valence electrons. The van der Waals surface area contributed by atoms with Crippen LogP contribution in [-0.2, 0) is 16.1 Å². The number of rotatable bonds is 9. The van der Waals surface area contributed by atoms with Gasteiger partial charge in [0.2, 0.25) is 5.91 Å². The normalized spacial score (nSPS) is 14.6. The molecular weight excluding hydrogens is 496 g/mol. The van der Waals surface area contributed by atoms with Crippen molar-refractivity contribution in [3.63, 3.8) is 0 Å². The van der Waals surface area contributed by atoms with Gasteiger partial charge in [0.05, 0.1) is 40.4 Å². The number of nitrogens with two attached hydrogens (primary N) is 1. The Hall–Kier alpha value is -3.17. The molecule has 1 aromatic heterocycles. The highest BCUT2D eigenvalue weighted by atomic mass is 79.9. The minimum atomic E-state index is -0.937. The van der Waals surface area contributed by atoms with Crippen molar-refractivity contribution in [3.05, 3.63) is 76.3 Å². The van der Waals surface area contributed by atoms with E-state index in [0.29, 0.717) is 23.6 Å². The van der Waals surface area contributed by atoms with Crippen molar-refractivity contribution in [1.29, 1.82) is 0 Å². The number of hydrogen-bond donors (Lipinski definition) is 4. The third-order valence-electron chi connectivity index (χ3n) is 4.76. The quantitative estimate of drug-likeness (QED) is 0.299. The molecule has 0 spiro atoms. The number of halogens is 2. The van der Waals surface area contributed by atoms with Crippen molar-refractivity contribution in [2.45, 2.75) is 24.9 Å². The van der Waals surface area contributed by atoms with E-state index in [1.807, 2.05) is 18.2 Å². The highest BCUT2D eigenvalue weighted by Gasteiger charge is 2.51. The van der Waals surface area contributed by atoms with Crippen LogP contribution in [0.1, 0.15) is 18.5 Å². The first-order chi connectivity index (χ1) is 15.4. The zero-order chi connectivity index (χ0) is 23.1. The van der Waals surface area contributed by atoms with Crippen molar-refractivity contribution in [2.24, 2.45) is 10.7 Å². The molecule has 32 heavy (non-hydrogen) atoms. The lowest BCUT2D eigenvalue weighted by Crippen LogP contribution is -2.49. The Morgan fingerprint density at radius 2 is 2.09 bits per heavy atom. The first kappa shape index (κ1) is 23.5. The van der Waals surface area contributed by atoms with Crippen LogP contribution in [-0.4, -0.2) is 28.6 Å². The predicted molar refractivity (Wildman–Crippen MR) is 130 cm³/mol. The molecule has 2 aromatic rings. The molecule has 0 bridgehead atoms. The number of nitrogens with one attached hydrogen (secondary N) is 3. The average molecular weight is 518 g/mol. The molecule has 0 aliphatic heterocycles. The number of hydrogen-bond acceptors (Lipinski definition) is 6. The van der Waals surface area contributed by atoms with Crippen LogP contribution in [0.5, 0.6) is 0 Å². The lowest BCUT2D eigenvalue weighted by molar-refractivity contribution is -0.128. The molecule has 2 amide bonds. The summed E-state index contributed by atoms with van der Waals surface area (Å²) in [6.45, 7) is 3.68. The lowest BCUT2D eigenvalue weighted by Gasteiger charge is -2.17. The fraction of sp³-hybridized carbons (Fsp3) is 0.182. The minimum absolute atomic E-state index is 0.152. The first-order valence-electron chi connectivity index (χ1n) is 9.70. The van der Waals surface area contributed by atoms with Gasteiger partial charge in [0.25, 0.3) is 5.91 Å². The number of aromatic nitrogens is 1. The summed E-state index contributed by atoms with van der Waals surface area (Å²) in [4.78, 5) is 33.1. The highest BCUT2D eigenvalue weighted by molar-refractivity contribution is 9.10. The summed E-state index contributed by atoms with van der Waals surface area (Å²) in [5.74, 6) is -0.737. The summed E-state index contributed by atoms with van der Waals surface area (Å²) >= 11 is 9.59. The van der Waals surface area contributed by atoms with Gasteiger partial charge in [-0.05, 0) is 43.2 Å². The minimum Gasteiger partial charge on any atom is -0.404 e. The zero-order valence-electron chi connectivity index (χ0n) is 17.1.